The summed E-state index contributed by atoms with van der Waals surface area (Å²) in [5, 5.41) is 13.0. The molecule has 0 saturated heterocycles. The summed E-state index contributed by atoms with van der Waals surface area (Å²) < 4.78 is 5.62. The summed E-state index contributed by atoms with van der Waals surface area (Å²) in [7, 11) is 0. The van der Waals surface area contributed by atoms with Gasteiger partial charge >= 0.3 is 0 Å². The van der Waals surface area contributed by atoms with Gasteiger partial charge in [0.15, 0.2) is 0 Å². The van der Waals surface area contributed by atoms with Crippen LogP contribution in [0.1, 0.15) is 30.9 Å². The van der Waals surface area contributed by atoms with Crippen molar-refractivity contribution >= 4 is 0 Å². The number of hydrogen-bond donors (Lipinski definition) is 2. The van der Waals surface area contributed by atoms with Crippen molar-refractivity contribution in [3.63, 3.8) is 0 Å². The molecule has 18 heavy (non-hydrogen) atoms. The van der Waals surface area contributed by atoms with Crippen LogP contribution in [0.5, 0.6) is 5.75 Å². The monoisotopic (exact) mass is 251 g/mol. The van der Waals surface area contributed by atoms with Crippen LogP contribution in [-0.4, -0.2) is 30.9 Å². The molecule has 0 spiro atoms. The maximum Gasteiger partial charge on any atom is 0.122 e. The molecule has 0 radical (unpaired) electrons. The third-order valence-corrected chi connectivity index (χ3v) is 2.85. The SMILES string of the molecule is CCCCNCC(O)COc1ccc(C)cc1C. The third-order valence-electron chi connectivity index (χ3n) is 2.85. The van der Waals surface area contributed by atoms with E-state index in [2.05, 4.69) is 25.2 Å². The normalized spacial score (nSPS) is 12.4. The summed E-state index contributed by atoms with van der Waals surface area (Å²) in [6, 6.07) is 6.07. The van der Waals surface area contributed by atoms with E-state index in [4.69, 9.17) is 4.74 Å². The number of aryl methyl sites for hydroxylation is 2. The summed E-state index contributed by atoms with van der Waals surface area (Å²) in [6.45, 7) is 8.12. The molecule has 102 valence electrons. The fourth-order valence-electron chi connectivity index (χ4n) is 1.78. The van der Waals surface area contributed by atoms with Gasteiger partial charge in [-0.15, -0.1) is 0 Å². The molecular formula is C15H25NO2. The summed E-state index contributed by atoms with van der Waals surface area (Å²) in [6.07, 6.45) is 1.86. The molecule has 0 bridgehead atoms. The zero-order chi connectivity index (χ0) is 13.4. The van der Waals surface area contributed by atoms with Crippen LogP contribution in [0.2, 0.25) is 0 Å². The number of unbranched alkanes of at least 4 members (excludes halogenated alkanes) is 1. The number of aliphatic hydroxyl groups is 1. The quantitative estimate of drug-likeness (QED) is 0.697. The Balaban J connectivity index is 2.27. The molecule has 3 heteroatoms. The second-order valence-corrected chi connectivity index (χ2v) is 4.79. The standard InChI is InChI=1S/C15H25NO2/c1-4-5-8-16-10-14(17)11-18-15-7-6-12(2)9-13(15)3/h6-7,9,14,16-17H,4-5,8,10-11H2,1-3H3. The molecule has 0 amide bonds. The molecule has 1 unspecified atom stereocenters. The van der Waals surface area contributed by atoms with Crippen molar-refractivity contribution in [3.8, 4) is 5.75 Å². The van der Waals surface area contributed by atoms with Gasteiger partial charge in [-0.1, -0.05) is 31.0 Å². The lowest BCUT2D eigenvalue weighted by Crippen LogP contribution is -2.32. The molecule has 1 rings (SSSR count). The van der Waals surface area contributed by atoms with Crippen molar-refractivity contribution in [3.05, 3.63) is 29.3 Å². The number of rotatable bonds is 8. The maximum atomic E-state index is 9.77. The van der Waals surface area contributed by atoms with Gasteiger partial charge in [-0.25, -0.2) is 0 Å². The molecule has 1 aromatic carbocycles. The smallest absolute Gasteiger partial charge is 0.122 e. The van der Waals surface area contributed by atoms with Gasteiger partial charge in [0.2, 0.25) is 0 Å². The second-order valence-electron chi connectivity index (χ2n) is 4.79. The Morgan fingerprint density at radius 3 is 2.78 bits per heavy atom. The van der Waals surface area contributed by atoms with E-state index < -0.39 is 6.10 Å². The van der Waals surface area contributed by atoms with Crippen LogP contribution in [-0.2, 0) is 0 Å². The lowest BCUT2D eigenvalue weighted by Gasteiger charge is -2.14. The zero-order valence-corrected chi connectivity index (χ0v) is 11.7. The molecule has 1 aromatic rings. The predicted octanol–water partition coefficient (Wildman–Crippen LogP) is 2.43. The highest BCUT2D eigenvalue weighted by molar-refractivity contribution is 5.35. The molecule has 0 aliphatic rings. The number of ether oxygens (including phenoxy) is 1. The van der Waals surface area contributed by atoms with Gasteiger partial charge in [0.1, 0.15) is 18.5 Å². The van der Waals surface area contributed by atoms with Crippen LogP contribution in [0.15, 0.2) is 18.2 Å². The fourth-order valence-corrected chi connectivity index (χ4v) is 1.78. The highest BCUT2D eigenvalue weighted by Crippen LogP contribution is 2.18. The molecule has 0 heterocycles. The molecule has 0 saturated carbocycles. The topological polar surface area (TPSA) is 41.5 Å². The molecule has 0 aliphatic carbocycles. The zero-order valence-electron chi connectivity index (χ0n) is 11.7. The highest BCUT2D eigenvalue weighted by atomic mass is 16.5. The van der Waals surface area contributed by atoms with Crippen LogP contribution in [0.4, 0.5) is 0 Å². The van der Waals surface area contributed by atoms with E-state index in [1.807, 2.05) is 19.1 Å². The molecule has 0 aliphatic heterocycles. The first-order valence-corrected chi connectivity index (χ1v) is 6.72. The molecule has 3 nitrogen and oxygen atoms in total. The Hall–Kier alpha value is -1.06. The Morgan fingerprint density at radius 1 is 1.33 bits per heavy atom. The van der Waals surface area contributed by atoms with Gasteiger partial charge in [0, 0.05) is 6.54 Å². The van der Waals surface area contributed by atoms with Crippen LogP contribution in [0, 0.1) is 13.8 Å². The van der Waals surface area contributed by atoms with E-state index in [0.717, 1.165) is 24.3 Å². The lowest BCUT2D eigenvalue weighted by molar-refractivity contribution is 0.106. The Labute approximate surface area is 110 Å². The van der Waals surface area contributed by atoms with Crippen molar-refractivity contribution < 1.29 is 9.84 Å². The van der Waals surface area contributed by atoms with E-state index in [1.54, 1.807) is 0 Å². The van der Waals surface area contributed by atoms with Crippen LogP contribution in [0.3, 0.4) is 0 Å². The van der Waals surface area contributed by atoms with E-state index in [1.165, 1.54) is 12.0 Å². The Kier molecular flexibility index (Phi) is 6.76. The number of hydrogen-bond acceptors (Lipinski definition) is 3. The van der Waals surface area contributed by atoms with Crippen LogP contribution >= 0.6 is 0 Å². The van der Waals surface area contributed by atoms with E-state index in [0.29, 0.717) is 13.2 Å². The van der Waals surface area contributed by atoms with Gasteiger partial charge < -0.3 is 15.2 Å². The molecular weight excluding hydrogens is 226 g/mol. The number of benzene rings is 1. The molecule has 2 N–H and O–H groups in total. The van der Waals surface area contributed by atoms with Crippen LogP contribution in [0.25, 0.3) is 0 Å². The van der Waals surface area contributed by atoms with Gasteiger partial charge in [0.25, 0.3) is 0 Å². The minimum absolute atomic E-state index is 0.336. The van der Waals surface area contributed by atoms with Crippen molar-refractivity contribution in [2.24, 2.45) is 0 Å². The molecule has 1 atom stereocenters. The minimum Gasteiger partial charge on any atom is -0.491 e. The van der Waals surface area contributed by atoms with E-state index in [-0.39, 0.29) is 0 Å². The minimum atomic E-state index is -0.456. The van der Waals surface area contributed by atoms with Crippen molar-refractivity contribution in [2.75, 3.05) is 19.7 Å². The summed E-state index contributed by atoms with van der Waals surface area (Å²) >= 11 is 0. The average molecular weight is 251 g/mol. The highest BCUT2D eigenvalue weighted by Gasteiger charge is 2.06. The van der Waals surface area contributed by atoms with Crippen molar-refractivity contribution in [2.45, 2.75) is 39.7 Å². The first-order chi connectivity index (χ1) is 8.63. The Morgan fingerprint density at radius 2 is 2.11 bits per heavy atom. The third kappa shape index (κ3) is 5.52. The summed E-state index contributed by atoms with van der Waals surface area (Å²) in [4.78, 5) is 0. The van der Waals surface area contributed by atoms with E-state index in [9.17, 15) is 5.11 Å². The number of nitrogens with one attached hydrogen (secondary N) is 1. The molecule has 0 fully saturated rings. The van der Waals surface area contributed by atoms with Gasteiger partial charge in [-0.05, 0) is 38.4 Å². The first-order valence-electron chi connectivity index (χ1n) is 6.72. The maximum absolute atomic E-state index is 9.77. The van der Waals surface area contributed by atoms with Gasteiger partial charge in [0.05, 0.1) is 0 Å². The second kappa shape index (κ2) is 8.11. The predicted molar refractivity (Wildman–Crippen MR) is 75.2 cm³/mol. The Bertz CT molecular complexity index is 352. The summed E-state index contributed by atoms with van der Waals surface area (Å²) in [5.41, 5.74) is 2.34. The largest absolute Gasteiger partial charge is 0.491 e. The average Bonchev–Trinajstić information content (AvgIpc) is 2.33. The van der Waals surface area contributed by atoms with Gasteiger partial charge in [-0.3, -0.25) is 0 Å². The van der Waals surface area contributed by atoms with Gasteiger partial charge in [-0.2, -0.15) is 0 Å². The number of aliphatic hydroxyl groups excluding tert-OH is 1. The van der Waals surface area contributed by atoms with E-state index >= 15 is 0 Å². The lowest BCUT2D eigenvalue weighted by atomic mass is 10.1. The van der Waals surface area contributed by atoms with Crippen LogP contribution < -0.4 is 10.1 Å². The molecule has 0 aromatic heterocycles. The van der Waals surface area contributed by atoms with Crippen molar-refractivity contribution in [1.82, 2.24) is 5.32 Å². The summed E-state index contributed by atoms with van der Waals surface area (Å²) in [5.74, 6) is 0.855. The first kappa shape index (κ1) is 15.0. The fraction of sp³-hybridized carbons (Fsp3) is 0.600. The van der Waals surface area contributed by atoms with Crippen molar-refractivity contribution in [1.29, 1.82) is 0 Å².